The van der Waals surface area contributed by atoms with Gasteiger partial charge in [-0.15, -0.1) is 0 Å². The van der Waals surface area contributed by atoms with E-state index in [-0.39, 0.29) is 17.8 Å². The summed E-state index contributed by atoms with van der Waals surface area (Å²) < 4.78 is 51.6. The van der Waals surface area contributed by atoms with Gasteiger partial charge in [-0.05, 0) is 6.07 Å². The first kappa shape index (κ1) is 12.4. The van der Waals surface area contributed by atoms with E-state index >= 15 is 0 Å². The first-order chi connectivity index (χ1) is 8.38. The second-order valence-corrected chi connectivity index (χ2v) is 3.74. The molecule has 0 aliphatic rings. The predicted molar refractivity (Wildman–Crippen MR) is 57.1 cm³/mol. The van der Waals surface area contributed by atoms with Gasteiger partial charge >= 0.3 is 6.18 Å². The van der Waals surface area contributed by atoms with Gasteiger partial charge in [-0.3, -0.25) is 4.68 Å². The number of hydrogen-bond donors (Lipinski definition) is 1. The van der Waals surface area contributed by atoms with Crippen LogP contribution in [0.4, 0.5) is 23.2 Å². The fraction of sp³-hybridized carbons (Fsp3) is 0.182. The molecule has 0 unspecified atom stereocenters. The highest BCUT2D eigenvalue weighted by Gasteiger charge is 2.32. The van der Waals surface area contributed by atoms with Crippen LogP contribution in [0.25, 0.3) is 0 Å². The van der Waals surface area contributed by atoms with Crippen LogP contribution in [0.1, 0.15) is 11.1 Å². The van der Waals surface area contributed by atoms with Crippen LogP contribution in [-0.2, 0) is 12.7 Å². The van der Waals surface area contributed by atoms with Crippen LogP contribution in [0.5, 0.6) is 0 Å². The molecule has 0 aliphatic heterocycles. The quantitative estimate of drug-likeness (QED) is 0.665. The third kappa shape index (κ3) is 2.44. The van der Waals surface area contributed by atoms with Crippen molar-refractivity contribution in [3.63, 3.8) is 0 Å². The number of rotatable bonds is 2. The summed E-state index contributed by atoms with van der Waals surface area (Å²) in [4.78, 5) is 0. The van der Waals surface area contributed by atoms with Crippen LogP contribution < -0.4 is 5.73 Å². The van der Waals surface area contributed by atoms with E-state index in [0.717, 1.165) is 10.9 Å². The van der Waals surface area contributed by atoms with Crippen molar-refractivity contribution in [3.05, 3.63) is 47.5 Å². The van der Waals surface area contributed by atoms with Crippen LogP contribution >= 0.6 is 0 Å². The minimum absolute atomic E-state index is 0.0456. The topological polar surface area (TPSA) is 43.8 Å². The summed E-state index contributed by atoms with van der Waals surface area (Å²) >= 11 is 0. The standard InChI is InChI=1S/C11H9F4N3/c12-10-7(2-1-3-9(10)16)5-18-6-8(4-17-18)11(13,14)15/h1-4,6H,5,16H2. The Balaban J connectivity index is 2.24. The Hall–Kier alpha value is -2.05. The summed E-state index contributed by atoms with van der Waals surface area (Å²) in [6.45, 7) is -0.104. The largest absolute Gasteiger partial charge is 0.419 e. The number of anilines is 1. The molecule has 18 heavy (non-hydrogen) atoms. The average Bonchev–Trinajstić information content (AvgIpc) is 2.73. The second kappa shape index (κ2) is 4.32. The Morgan fingerprint density at radius 1 is 1.28 bits per heavy atom. The number of halogens is 4. The Kier molecular flexibility index (Phi) is 2.98. The summed E-state index contributed by atoms with van der Waals surface area (Å²) in [6.07, 6.45) is -2.93. The summed E-state index contributed by atoms with van der Waals surface area (Å²) in [5.74, 6) is -0.637. The molecular formula is C11H9F4N3. The van der Waals surface area contributed by atoms with Crippen molar-refractivity contribution in [3.8, 4) is 0 Å². The predicted octanol–water partition coefficient (Wildman–Crippen LogP) is 2.67. The first-order valence-electron chi connectivity index (χ1n) is 5.00. The summed E-state index contributed by atoms with van der Waals surface area (Å²) in [7, 11) is 0. The highest BCUT2D eigenvalue weighted by atomic mass is 19.4. The number of nitrogens with two attached hydrogens (primary N) is 1. The van der Waals surface area contributed by atoms with E-state index in [1.165, 1.54) is 18.2 Å². The van der Waals surface area contributed by atoms with Gasteiger partial charge in [0, 0.05) is 11.8 Å². The third-order valence-corrected chi connectivity index (χ3v) is 2.40. The lowest BCUT2D eigenvalue weighted by Crippen LogP contribution is -2.05. The van der Waals surface area contributed by atoms with Gasteiger partial charge in [-0.25, -0.2) is 4.39 Å². The van der Waals surface area contributed by atoms with Gasteiger partial charge in [0.25, 0.3) is 0 Å². The number of nitrogens with zero attached hydrogens (tertiary/aromatic N) is 2. The van der Waals surface area contributed by atoms with Crippen LogP contribution in [0, 0.1) is 5.82 Å². The molecule has 96 valence electrons. The van der Waals surface area contributed by atoms with Gasteiger partial charge < -0.3 is 5.73 Å². The number of nitrogen functional groups attached to an aromatic ring is 1. The van der Waals surface area contributed by atoms with Crippen molar-refractivity contribution < 1.29 is 17.6 Å². The van der Waals surface area contributed by atoms with E-state index in [1.807, 2.05) is 0 Å². The SMILES string of the molecule is Nc1cccc(Cn2cc(C(F)(F)F)cn2)c1F. The molecule has 1 aromatic heterocycles. The van der Waals surface area contributed by atoms with E-state index in [4.69, 9.17) is 5.73 Å². The van der Waals surface area contributed by atoms with Gasteiger partial charge in [0.2, 0.25) is 0 Å². The molecule has 3 nitrogen and oxygen atoms in total. The van der Waals surface area contributed by atoms with Crippen LogP contribution in [0.3, 0.4) is 0 Å². The van der Waals surface area contributed by atoms with Gasteiger partial charge in [0.05, 0.1) is 24.0 Å². The van der Waals surface area contributed by atoms with Crippen LogP contribution in [0.15, 0.2) is 30.6 Å². The number of alkyl halides is 3. The summed E-state index contributed by atoms with van der Waals surface area (Å²) in [6, 6.07) is 4.35. The summed E-state index contributed by atoms with van der Waals surface area (Å²) in [5, 5.41) is 3.54. The zero-order chi connectivity index (χ0) is 13.3. The van der Waals surface area contributed by atoms with Gasteiger partial charge in [-0.1, -0.05) is 12.1 Å². The highest BCUT2D eigenvalue weighted by Crippen LogP contribution is 2.28. The number of aromatic nitrogens is 2. The van der Waals surface area contributed by atoms with Gasteiger partial charge in [-0.2, -0.15) is 18.3 Å². The minimum Gasteiger partial charge on any atom is -0.396 e. The number of benzene rings is 1. The van der Waals surface area contributed by atoms with Crippen molar-refractivity contribution >= 4 is 5.69 Å². The maximum atomic E-state index is 13.5. The maximum absolute atomic E-state index is 13.5. The Morgan fingerprint density at radius 3 is 2.61 bits per heavy atom. The summed E-state index contributed by atoms with van der Waals surface area (Å²) in [5.41, 5.74) is 4.64. The lowest BCUT2D eigenvalue weighted by atomic mass is 10.2. The number of hydrogen-bond acceptors (Lipinski definition) is 2. The molecule has 2 rings (SSSR count). The minimum atomic E-state index is -4.45. The van der Waals surface area contributed by atoms with Gasteiger partial charge in [0.15, 0.2) is 5.82 Å². The van der Waals surface area contributed by atoms with Crippen LogP contribution in [-0.4, -0.2) is 9.78 Å². The molecule has 1 aromatic carbocycles. The normalized spacial score (nSPS) is 11.8. The third-order valence-electron chi connectivity index (χ3n) is 2.40. The molecular weight excluding hydrogens is 250 g/mol. The fourth-order valence-corrected chi connectivity index (χ4v) is 1.49. The lowest BCUT2D eigenvalue weighted by Gasteiger charge is -2.05. The molecule has 1 heterocycles. The fourth-order valence-electron chi connectivity index (χ4n) is 1.49. The Bertz CT molecular complexity index is 560. The molecule has 2 aromatic rings. The Morgan fingerprint density at radius 2 is 2.00 bits per heavy atom. The highest BCUT2D eigenvalue weighted by molar-refractivity contribution is 5.42. The molecule has 0 saturated heterocycles. The molecule has 0 aliphatic carbocycles. The van der Waals surface area contributed by atoms with E-state index < -0.39 is 17.6 Å². The zero-order valence-electron chi connectivity index (χ0n) is 9.08. The lowest BCUT2D eigenvalue weighted by molar-refractivity contribution is -0.137. The van der Waals surface area contributed by atoms with Gasteiger partial charge in [0.1, 0.15) is 0 Å². The van der Waals surface area contributed by atoms with E-state index in [0.29, 0.717) is 6.20 Å². The molecule has 0 spiro atoms. The Labute approximate surface area is 99.8 Å². The molecule has 0 saturated carbocycles. The first-order valence-corrected chi connectivity index (χ1v) is 5.00. The van der Waals surface area contributed by atoms with Crippen molar-refractivity contribution in [1.82, 2.24) is 9.78 Å². The van der Waals surface area contributed by atoms with Crippen molar-refractivity contribution in [2.45, 2.75) is 12.7 Å². The maximum Gasteiger partial charge on any atom is 0.419 e. The second-order valence-electron chi connectivity index (χ2n) is 3.74. The van der Waals surface area contributed by atoms with Crippen molar-refractivity contribution in [1.29, 1.82) is 0 Å². The molecule has 2 N–H and O–H groups in total. The average molecular weight is 259 g/mol. The van der Waals surface area contributed by atoms with Crippen LogP contribution in [0.2, 0.25) is 0 Å². The zero-order valence-corrected chi connectivity index (χ0v) is 9.08. The molecule has 0 amide bonds. The van der Waals surface area contributed by atoms with Crippen molar-refractivity contribution in [2.75, 3.05) is 5.73 Å². The van der Waals surface area contributed by atoms with E-state index in [9.17, 15) is 17.6 Å². The molecule has 0 radical (unpaired) electrons. The molecule has 0 fully saturated rings. The smallest absolute Gasteiger partial charge is 0.396 e. The van der Waals surface area contributed by atoms with Crippen molar-refractivity contribution in [2.24, 2.45) is 0 Å². The molecule has 7 heteroatoms. The monoisotopic (exact) mass is 259 g/mol. The van der Waals surface area contributed by atoms with E-state index in [2.05, 4.69) is 5.10 Å². The van der Waals surface area contributed by atoms with E-state index in [1.54, 1.807) is 0 Å². The molecule has 0 atom stereocenters. The molecule has 0 bridgehead atoms.